The number of thiophene rings is 1. The van der Waals surface area contributed by atoms with Gasteiger partial charge in [-0.05, 0) is 37.5 Å². The molecule has 0 saturated heterocycles. The first-order valence-electron chi connectivity index (χ1n) is 7.34. The van der Waals surface area contributed by atoms with E-state index in [-0.39, 0.29) is 5.91 Å². The number of pyridine rings is 1. The lowest BCUT2D eigenvalue weighted by Crippen LogP contribution is -2.40. The highest BCUT2D eigenvalue weighted by Crippen LogP contribution is 2.31. The minimum atomic E-state index is -0.991. The quantitative estimate of drug-likeness (QED) is 0.856. The van der Waals surface area contributed by atoms with Crippen LogP contribution in [0.4, 0.5) is 0 Å². The Bertz CT molecular complexity index is 709. The molecule has 0 aliphatic heterocycles. The number of aryl methyl sites for hydroxylation is 2. The van der Waals surface area contributed by atoms with Gasteiger partial charge < -0.3 is 10.4 Å². The van der Waals surface area contributed by atoms with Crippen molar-refractivity contribution in [3.05, 3.63) is 28.3 Å². The Morgan fingerprint density at radius 2 is 2.14 bits per heavy atom. The number of carboxylic acid groups (broad SMARTS) is 1. The maximum atomic E-state index is 12.4. The van der Waals surface area contributed by atoms with Gasteiger partial charge in [-0.1, -0.05) is 19.8 Å². The van der Waals surface area contributed by atoms with Gasteiger partial charge in [-0.25, -0.2) is 9.78 Å². The molecule has 0 aromatic carbocycles. The van der Waals surface area contributed by atoms with Crippen LogP contribution in [-0.2, 0) is 4.79 Å². The lowest BCUT2D eigenvalue weighted by atomic mass is 10.1. The monoisotopic (exact) mass is 320 g/mol. The van der Waals surface area contributed by atoms with Crippen molar-refractivity contribution < 1.29 is 14.7 Å². The molecule has 22 heavy (non-hydrogen) atoms. The van der Waals surface area contributed by atoms with Crippen LogP contribution in [0.2, 0.25) is 0 Å². The summed E-state index contributed by atoms with van der Waals surface area (Å²) >= 11 is 1.31. The third kappa shape index (κ3) is 3.27. The number of nitrogens with one attached hydrogen (secondary N) is 1. The van der Waals surface area contributed by atoms with Gasteiger partial charge in [0.15, 0.2) is 0 Å². The molecule has 2 heterocycles. The number of nitrogens with zero attached hydrogens (tertiary/aromatic N) is 1. The van der Waals surface area contributed by atoms with Gasteiger partial charge in [0.1, 0.15) is 10.9 Å². The molecule has 0 radical (unpaired) electrons. The zero-order valence-corrected chi connectivity index (χ0v) is 13.8. The van der Waals surface area contributed by atoms with Gasteiger partial charge in [0.05, 0.1) is 4.88 Å². The van der Waals surface area contributed by atoms with Crippen molar-refractivity contribution in [1.29, 1.82) is 0 Å². The van der Waals surface area contributed by atoms with Crippen LogP contribution in [0.25, 0.3) is 10.2 Å². The fraction of sp³-hybridized carbons (Fsp3) is 0.438. The lowest BCUT2D eigenvalue weighted by Gasteiger charge is -2.13. The van der Waals surface area contributed by atoms with Crippen LogP contribution in [-0.4, -0.2) is 28.0 Å². The van der Waals surface area contributed by atoms with Crippen molar-refractivity contribution in [2.24, 2.45) is 0 Å². The third-order valence-electron chi connectivity index (χ3n) is 3.69. The molecule has 2 rings (SSSR count). The van der Waals surface area contributed by atoms with E-state index in [2.05, 4.69) is 10.3 Å². The zero-order chi connectivity index (χ0) is 16.3. The van der Waals surface area contributed by atoms with E-state index in [1.54, 1.807) is 6.20 Å². The molecule has 0 bridgehead atoms. The molecule has 0 aliphatic rings. The van der Waals surface area contributed by atoms with Gasteiger partial charge >= 0.3 is 5.97 Å². The molecule has 6 heteroatoms. The Balaban J connectivity index is 2.27. The summed E-state index contributed by atoms with van der Waals surface area (Å²) in [6.45, 7) is 5.85. The second-order valence-electron chi connectivity index (χ2n) is 5.37. The molecule has 1 amide bonds. The first-order valence-corrected chi connectivity index (χ1v) is 8.15. The zero-order valence-electron chi connectivity index (χ0n) is 13.0. The molecule has 2 N–H and O–H groups in total. The molecule has 2 aromatic heterocycles. The molecular formula is C16H20N2O3S. The average molecular weight is 320 g/mol. The SMILES string of the molecule is CCCCC(NC(=O)c1sc2nccc(C)c2c1C)C(=O)O. The highest BCUT2D eigenvalue weighted by molar-refractivity contribution is 7.20. The third-order valence-corrected chi connectivity index (χ3v) is 4.89. The first-order chi connectivity index (χ1) is 10.5. The van der Waals surface area contributed by atoms with Crippen molar-refractivity contribution in [3.63, 3.8) is 0 Å². The summed E-state index contributed by atoms with van der Waals surface area (Å²) in [6, 6.07) is 1.07. The van der Waals surface area contributed by atoms with Gasteiger partial charge in [-0.15, -0.1) is 11.3 Å². The topological polar surface area (TPSA) is 79.3 Å². The summed E-state index contributed by atoms with van der Waals surface area (Å²) in [5.41, 5.74) is 1.93. The van der Waals surface area contributed by atoms with Crippen LogP contribution in [0.5, 0.6) is 0 Å². The summed E-state index contributed by atoms with van der Waals surface area (Å²) in [6.07, 6.45) is 3.82. The number of unbranched alkanes of at least 4 members (excludes halogenated alkanes) is 1. The number of carboxylic acids is 1. The highest BCUT2D eigenvalue weighted by atomic mass is 32.1. The molecule has 2 aromatic rings. The Morgan fingerprint density at radius 1 is 1.41 bits per heavy atom. The molecule has 0 fully saturated rings. The molecule has 0 spiro atoms. The molecule has 118 valence electrons. The van der Waals surface area contributed by atoms with E-state index in [4.69, 9.17) is 0 Å². The second kappa shape index (κ2) is 6.87. The van der Waals surface area contributed by atoms with E-state index in [0.29, 0.717) is 11.3 Å². The van der Waals surface area contributed by atoms with E-state index in [1.807, 2.05) is 26.8 Å². The number of amides is 1. The normalized spacial score (nSPS) is 12.3. The summed E-state index contributed by atoms with van der Waals surface area (Å²) in [7, 11) is 0. The summed E-state index contributed by atoms with van der Waals surface area (Å²) < 4.78 is 0. The Hall–Kier alpha value is -1.95. The van der Waals surface area contributed by atoms with Crippen molar-refractivity contribution >= 4 is 33.4 Å². The van der Waals surface area contributed by atoms with E-state index in [1.165, 1.54) is 11.3 Å². The van der Waals surface area contributed by atoms with Gasteiger partial charge in [0.25, 0.3) is 5.91 Å². The average Bonchev–Trinajstić information content (AvgIpc) is 2.81. The predicted octanol–water partition coefficient (Wildman–Crippen LogP) is 3.29. The Morgan fingerprint density at radius 3 is 2.73 bits per heavy atom. The molecule has 0 saturated carbocycles. The number of aliphatic carboxylic acids is 1. The molecule has 5 nitrogen and oxygen atoms in total. The Labute approximate surface area is 133 Å². The maximum absolute atomic E-state index is 12.4. The van der Waals surface area contributed by atoms with Gasteiger partial charge in [0, 0.05) is 11.6 Å². The van der Waals surface area contributed by atoms with Crippen LogP contribution in [0.3, 0.4) is 0 Å². The van der Waals surface area contributed by atoms with E-state index < -0.39 is 12.0 Å². The van der Waals surface area contributed by atoms with Crippen molar-refractivity contribution in [2.75, 3.05) is 0 Å². The molecule has 1 unspecified atom stereocenters. The molecular weight excluding hydrogens is 300 g/mol. The standard InChI is InChI=1S/C16H20N2O3S/c1-4-5-6-11(16(20)21)18-14(19)13-10(3)12-9(2)7-8-17-15(12)22-13/h7-8,11H,4-6H2,1-3H3,(H,18,19)(H,20,21). The summed E-state index contributed by atoms with van der Waals surface area (Å²) in [5.74, 6) is -1.32. The minimum absolute atomic E-state index is 0.330. The van der Waals surface area contributed by atoms with Crippen LogP contribution in [0.15, 0.2) is 12.3 Å². The predicted molar refractivity (Wildman–Crippen MR) is 87.5 cm³/mol. The van der Waals surface area contributed by atoms with Gasteiger partial charge in [-0.2, -0.15) is 0 Å². The fourth-order valence-electron chi connectivity index (χ4n) is 2.46. The number of hydrogen-bond acceptors (Lipinski definition) is 4. The van der Waals surface area contributed by atoms with Crippen molar-refractivity contribution in [1.82, 2.24) is 10.3 Å². The highest BCUT2D eigenvalue weighted by Gasteiger charge is 2.23. The number of carbonyl (C=O) groups is 2. The van der Waals surface area contributed by atoms with Crippen LogP contribution in [0, 0.1) is 13.8 Å². The van der Waals surface area contributed by atoms with E-state index >= 15 is 0 Å². The molecule has 0 aliphatic carbocycles. The summed E-state index contributed by atoms with van der Waals surface area (Å²) in [5, 5.41) is 12.8. The van der Waals surface area contributed by atoms with Crippen molar-refractivity contribution in [2.45, 2.75) is 46.1 Å². The lowest BCUT2D eigenvalue weighted by molar-refractivity contribution is -0.139. The van der Waals surface area contributed by atoms with Crippen LogP contribution < -0.4 is 5.32 Å². The number of carbonyl (C=O) groups excluding carboxylic acids is 1. The number of hydrogen-bond donors (Lipinski definition) is 2. The van der Waals surface area contributed by atoms with E-state index in [0.717, 1.165) is 34.2 Å². The fourth-order valence-corrected chi connectivity index (χ4v) is 3.59. The van der Waals surface area contributed by atoms with Crippen molar-refractivity contribution in [3.8, 4) is 0 Å². The molecule has 1 atom stereocenters. The smallest absolute Gasteiger partial charge is 0.326 e. The number of fused-ring (bicyclic) bond motifs is 1. The maximum Gasteiger partial charge on any atom is 0.326 e. The summed E-state index contributed by atoms with van der Waals surface area (Å²) in [4.78, 5) is 29.3. The van der Waals surface area contributed by atoms with E-state index in [9.17, 15) is 14.7 Å². The minimum Gasteiger partial charge on any atom is -0.480 e. The number of aromatic nitrogens is 1. The van der Waals surface area contributed by atoms with Gasteiger partial charge in [0.2, 0.25) is 0 Å². The van der Waals surface area contributed by atoms with Crippen LogP contribution in [0.1, 0.15) is 47.0 Å². The Kier molecular flexibility index (Phi) is 5.13. The van der Waals surface area contributed by atoms with Crippen LogP contribution >= 0.6 is 11.3 Å². The number of rotatable bonds is 6. The second-order valence-corrected chi connectivity index (χ2v) is 6.37. The van der Waals surface area contributed by atoms with Gasteiger partial charge in [-0.3, -0.25) is 4.79 Å². The largest absolute Gasteiger partial charge is 0.480 e. The first kappa shape index (κ1) is 16.4.